The summed E-state index contributed by atoms with van der Waals surface area (Å²) in [6, 6.07) is 0. The first-order valence-electron chi connectivity index (χ1n) is 5.23. The molecule has 0 aliphatic heterocycles. The molecule has 1 rings (SSSR count). The second-order valence-corrected chi connectivity index (χ2v) is 3.85. The van der Waals surface area contributed by atoms with Crippen molar-refractivity contribution in [1.82, 2.24) is 10.2 Å². The molecule has 5 N–H and O–H groups in total. The largest absolute Gasteiger partial charge is 0.480 e. The van der Waals surface area contributed by atoms with E-state index < -0.39 is 57.7 Å². The predicted molar refractivity (Wildman–Crippen MR) is 61.3 cm³/mol. The number of aromatic amines is 1. The second-order valence-electron chi connectivity index (χ2n) is 3.85. The molecule has 118 valence electrons. The van der Waals surface area contributed by atoms with E-state index in [9.17, 15) is 29.3 Å². The molecule has 0 unspecified atom stereocenters. The lowest BCUT2D eigenvalue weighted by Gasteiger charge is -2.05. The Morgan fingerprint density at radius 2 is 1.36 bits per heavy atom. The summed E-state index contributed by atoms with van der Waals surface area (Å²) in [5.41, 5.74) is -3.45. The van der Waals surface area contributed by atoms with Gasteiger partial charge in [-0.05, 0) is 0 Å². The summed E-state index contributed by atoms with van der Waals surface area (Å²) in [6.07, 6.45) is 0. The number of H-pyrrole nitrogens is 1. The van der Waals surface area contributed by atoms with E-state index in [1.54, 1.807) is 5.10 Å². The number of rotatable bonds is 7. The van der Waals surface area contributed by atoms with Crippen LogP contribution in [0.4, 0.5) is 5.69 Å². The van der Waals surface area contributed by atoms with Gasteiger partial charge in [0.2, 0.25) is 11.8 Å². The van der Waals surface area contributed by atoms with Crippen molar-refractivity contribution in [2.75, 3.05) is 0 Å². The van der Waals surface area contributed by atoms with Crippen LogP contribution in [-0.4, -0.2) is 59.4 Å². The average molecular weight is 317 g/mol. The van der Waals surface area contributed by atoms with Gasteiger partial charge in [-0.25, -0.2) is 0 Å². The van der Waals surface area contributed by atoms with Crippen LogP contribution >= 0.6 is 0 Å². The first-order valence-corrected chi connectivity index (χ1v) is 5.23. The third-order valence-electron chi connectivity index (χ3n) is 2.53. The Labute approximate surface area is 118 Å². The van der Waals surface area contributed by atoms with Gasteiger partial charge < -0.3 is 20.4 Å². The van der Waals surface area contributed by atoms with E-state index in [1.165, 1.54) is 0 Å². The molecule has 22 heavy (non-hydrogen) atoms. The summed E-state index contributed by atoms with van der Waals surface area (Å²) in [4.78, 5) is 53.2. The summed E-state index contributed by atoms with van der Waals surface area (Å²) >= 11 is 0. The highest BCUT2D eigenvalue weighted by Gasteiger charge is 2.44. The topological polar surface area (TPSA) is 221 Å². The lowest BCUT2D eigenvalue weighted by Crippen LogP contribution is -2.24. The van der Waals surface area contributed by atoms with Crippen LogP contribution in [0.15, 0.2) is 0 Å². The number of carboxylic acid groups (broad SMARTS) is 4. The van der Waals surface area contributed by atoms with Crippen molar-refractivity contribution in [2.45, 2.75) is 11.8 Å². The van der Waals surface area contributed by atoms with E-state index in [-0.39, 0.29) is 0 Å². The lowest BCUT2D eigenvalue weighted by molar-refractivity contribution is -0.386. The molecule has 13 nitrogen and oxygen atoms in total. The highest BCUT2D eigenvalue weighted by molar-refractivity contribution is 6.02. The number of nitrogens with zero attached hydrogens (tertiary/aromatic N) is 2. The van der Waals surface area contributed by atoms with Crippen molar-refractivity contribution in [3.63, 3.8) is 0 Å². The zero-order chi connectivity index (χ0) is 17.2. The maximum absolute atomic E-state index is 11.0. The number of carbonyl (C=O) groups is 4. The van der Waals surface area contributed by atoms with Crippen LogP contribution < -0.4 is 0 Å². The van der Waals surface area contributed by atoms with Crippen LogP contribution in [-0.2, 0) is 19.2 Å². The highest BCUT2D eigenvalue weighted by Crippen LogP contribution is 2.33. The number of nitro groups is 1. The van der Waals surface area contributed by atoms with E-state index in [1.807, 2.05) is 0 Å². The summed E-state index contributed by atoms with van der Waals surface area (Å²) in [5, 5.41) is 50.9. The Morgan fingerprint density at radius 3 is 1.68 bits per heavy atom. The van der Waals surface area contributed by atoms with Crippen LogP contribution in [0, 0.1) is 10.1 Å². The van der Waals surface area contributed by atoms with Crippen molar-refractivity contribution in [2.24, 2.45) is 0 Å². The van der Waals surface area contributed by atoms with Gasteiger partial charge in [-0.15, -0.1) is 0 Å². The molecule has 0 aliphatic carbocycles. The molecule has 0 saturated carbocycles. The van der Waals surface area contributed by atoms with Gasteiger partial charge in [-0.3, -0.25) is 34.4 Å². The number of aliphatic carboxylic acids is 4. The van der Waals surface area contributed by atoms with E-state index in [2.05, 4.69) is 5.10 Å². The van der Waals surface area contributed by atoms with E-state index in [4.69, 9.17) is 20.4 Å². The Hall–Kier alpha value is -3.51. The maximum Gasteiger partial charge on any atom is 0.324 e. The van der Waals surface area contributed by atoms with Crippen LogP contribution in [0.25, 0.3) is 0 Å². The van der Waals surface area contributed by atoms with Gasteiger partial charge in [0.25, 0.3) is 0 Å². The molecule has 0 fully saturated rings. The number of carboxylic acids is 4. The van der Waals surface area contributed by atoms with Crippen molar-refractivity contribution in [3.8, 4) is 0 Å². The quantitative estimate of drug-likeness (QED) is 0.228. The summed E-state index contributed by atoms with van der Waals surface area (Å²) in [6.45, 7) is 0. The van der Waals surface area contributed by atoms with Crippen LogP contribution in [0.2, 0.25) is 0 Å². The molecule has 1 aromatic heterocycles. The number of nitrogens with one attached hydrogen (secondary N) is 1. The molecule has 0 bridgehead atoms. The summed E-state index contributed by atoms with van der Waals surface area (Å²) in [7, 11) is 0. The van der Waals surface area contributed by atoms with Gasteiger partial charge in [-0.2, -0.15) is 5.10 Å². The zero-order valence-corrected chi connectivity index (χ0v) is 10.3. The van der Waals surface area contributed by atoms with E-state index in [0.29, 0.717) is 0 Å². The minimum Gasteiger partial charge on any atom is -0.480 e. The molecule has 13 heteroatoms. The molecule has 0 spiro atoms. The van der Waals surface area contributed by atoms with Crippen LogP contribution in [0.3, 0.4) is 0 Å². The Morgan fingerprint density at radius 1 is 0.955 bits per heavy atom. The number of hydrogen-bond donors (Lipinski definition) is 5. The first-order chi connectivity index (χ1) is 10.1. The molecule has 0 saturated heterocycles. The molecule has 0 aliphatic rings. The third-order valence-corrected chi connectivity index (χ3v) is 2.53. The standard InChI is InChI=1S/C9H7N3O10/c13-6(14)1(7(15)16)3-5(12(21)22)4(11-10-3)2(8(17)18)9(19)20/h1-2H,(H,10,11)(H,13,14)(H,15,16)(H,17,18)(H,19,20). The smallest absolute Gasteiger partial charge is 0.324 e. The Bertz CT molecular complexity index is 600. The van der Waals surface area contributed by atoms with Gasteiger partial charge >= 0.3 is 29.6 Å². The minimum atomic E-state index is -2.46. The molecule has 0 aromatic carbocycles. The molecule has 0 amide bonds. The SMILES string of the molecule is O=C(O)C(C(=O)O)c1n[nH]c(C(C(=O)O)C(=O)O)c1[N+](=O)[O-]. The van der Waals surface area contributed by atoms with E-state index in [0.717, 1.165) is 0 Å². The molecule has 1 aromatic rings. The zero-order valence-electron chi connectivity index (χ0n) is 10.3. The van der Waals surface area contributed by atoms with E-state index >= 15 is 0 Å². The molecular weight excluding hydrogens is 310 g/mol. The van der Waals surface area contributed by atoms with Gasteiger partial charge in [0.05, 0.1) is 4.92 Å². The van der Waals surface area contributed by atoms with Crippen molar-refractivity contribution < 1.29 is 44.5 Å². The number of hydrogen-bond acceptors (Lipinski definition) is 7. The van der Waals surface area contributed by atoms with Crippen molar-refractivity contribution in [1.29, 1.82) is 0 Å². The van der Waals surface area contributed by atoms with Crippen molar-refractivity contribution >= 4 is 29.6 Å². The second kappa shape index (κ2) is 5.86. The minimum absolute atomic E-state index is 1.03. The Balaban J connectivity index is 3.62. The fourth-order valence-corrected chi connectivity index (χ4v) is 1.65. The lowest BCUT2D eigenvalue weighted by atomic mass is 9.99. The fraction of sp³-hybridized carbons (Fsp3) is 0.222. The molecule has 1 heterocycles. The predicted octanol–water partition coefficient (Wildman–Crippen LogP) is -1.18. The van der Waals surface area contributed by atoms with Gasteiger partial charge in [0.15, 0.2) is 5.69 Å². The normalized spacial score (nSPS) is 10.6. The average Bonchev–Trinajstić information content (AvgIpc) is 2.71. The molecule has 0 atom stereocenters. The van der Waals surface area contributed by atoms with Gasteiger partial charge in [0.1, 0.15) is 5.69 Å². The molecule has 0 radical (unpaired) electrons. The maximum atomic E-state index is 11.0. The summed E-state index contributed by atoms with van der Waals surface area (Å²) < 4.78 is 0. The van der Waals surface area contributed by atoms with Crippen LogP contribution in [0.1, 0.15) is 23.2 Å². The molecular formula is C9H7N3O10. The first kappa shape index (κ1) is 16.5. The van der Waals surface area contributed by atoms with Crippen LogP contribution in [0.5, 0.6) is 0 Å². The third kappa shape index (κ3) is 2.82. The highest BCUT2D eigenvalue weighted by atomic mass is 16.6. The Kier molecular flexibility index (Phi) is 4.41. The number of aromatic nitrogens is 2. The monoisotopic (exact) mass is 317 g/mol. The fourth-order valence-electron chi connectivity index (χ4n) is 1.65. The van der Waals surface area contributed by atoms with Gasteiger partial charge in [-0.1, -0.05) is 0 Å². The van der Waals surface area contributed by atoms with Crippen molar-refractivity contribution in [3.05, 3.63) is 21.5 Å². The summed E-state index contributed by atoms with van der Waals surface area (Å²) in [5.74, 6) is -12.8. The van der Waals surface area contributed by atoms with Gasteiger partial charge in [0, 0.05) is 0 Å².